The molecule has 0 aromatic heterocycles. The van der Waals surface area contributed by atoms with Crippen molar-refractivity contribution < 1.29 is 14.3 Å². The van der Waals surface area contributed by atoms with E-state index in [4.69, 9.17) is 11.2 Å². The molecule has 2 rings (SSSR count). The Kier molecular flexibility index (Phi) is 9.15. The lowest BCUT2D eigenvalue weighted by Gasteiger charge is -2.21. The molecular formula is C25H31NO3. The van der Waals surface area contributed by atoms with Crippen molar-refractivity contribution in [1.82, 2.24) is 5.32 Å². The molecule has 0 saturated carbocycles. The number of terminal acetylenes is 1. The molecule has 4 heteroatoms. The third-order valence-corrected chi connectivity index (χ3v) is 4.12. The van der Waals surface area contributed by atoms with E-state index >= 15 is 0 Å². The predicted molar refractivity (Wildman–Crippen MR) is 118 cm³/mol. The Labute approximate surface area is 174 Å². The van der Waals surface area contributed by atoms with Crippen LogP contribution in [-0.4, -0.2) is 24.0 Å². The maximum atomic E-state index is 11.6. The third kappa shape index (κ3) is 9.12. The number of carbonyl (C=O) groups excluding carboxylic acids is 2. The molecule has 0 fully saturated rings. The van der Waals surface area contributed by atoms with E-state index in [1.807, 2.05) is 57.2 Å². The second kappa shape index (κ2) is 11.1. The lowest BCUT2D eigenvalue weighted by atomic mass is 10.0. The normalized spacial score (nSPS) is 11.3. The van der Waals surface area contributed by atoms with Gasteiger partial charge in [-0.25, -0.2) is 4.79 Å². The van der Waals surface area contributed by atoms with Gasteiger partial charge in [-0.15, -0.1) is 6.42 Å². The van der Waals surface area contributed by atoms with Gasteiger partial charge in [0, 0.05) is 5.56 Å². The molecule has 0 heterocycles. The van der Waals surface area contributed by atoms with Gasteiger partial charge in [0.25, 0.3) is 0 Å². The fourth-order valence-corrected chi connectivity index (χ4v) is 2.56. The minimum absolute atomic E-state index is 0.468. The van der Waals surface area contributed by atoms with Crippen LogP contribution in [0.2, 0.25) is 0 Å². The summed E-state index contributed by atoms with van der Waals surface area (Å²) in [7, 11) is 0. The van der Waals surface area contributed by atoms with Crippen LogP contribution in [-0.2, 0) is 16.0 Å². The number of ether oxygens (including phenoxy) is 1. The zero-order valence-electron chi connectivity index (χ0n) is 18.2. The summed E-state index contributed by atoms with van der Waals surface area (Å²) in [6, 6.07) is 13.3. The van der Waals surface area contributed by atoms with Crippen LogP contribution in [0.15, 0.2) is 42.5 Å². The molecule has 1 unspecified atom stereocenters. The molecule has 154 valence electrons. The fourth-order valence-electron chi connectivity index (χ4n) is 2.56. The number of hydrogen-bond acceptors (Lipinski definition) is 3. The van der Waals surface area contributed by atoms with Crippen molar-refractivity contribution >= 4 is 12.4 Å². The van der Waals surface area contributed by atoms with E-state index in [0.717, 1.165) is 23.0 Å². The van der Waals surface area contributed by atoms with Crippen LogP contribution >= 0.6 is 0 Å². The van der Waals surface area contributed by atoms with Crippen molar-refractivity contribution in [3.63, 3.8) is 0 Å². The number of aldehydes is 1. The molecule has 29 heavy (non-hydrogen) atoms. The monoisotopic (exact) mass is 393 g/mol. The van der Waals surface area contributed by atoms with Gasteiger partial charge in [-0.05, 0) is 76.3 Å². The summed E-state index contributed by atoms with van der Waals surface area (Å²) in [5.74, 6) is 2.64. The molecule has 0 radical (unpaired) electrons. The average Bonchev–Trinajstić information content (AvgIpc) is 2.64. The van der Waals surface area contributed by atoms with Gasteiger partial charge in [0.2, 0.25) is 0 Å². The Morgan fingerprint density at radius 1 is 1.14 bits per heavy atom. The maximum Gasteiger partial charge on any atom is 0.408 e. The fraction of sp³-hybridized carbons (Fsp3) is 0.360. The van der Waals surface area contributed by atoms with Crippen LogP contribution in [0, 0.1) is 33.1 Å². The SMILES string of the molecule is C#Cc1cc(C)ccc1C.Cc1ccccc1CC(C=O)NC(=O)OC(C)(C)C. The summed E-state index contributed by atoms with van der Waals surface area (Å²) < 4.78 is 5.13. The first-order chi connectivity index (χ1) is 13.6. The minimum atomic E-state index is -0.573. The summed E-state index contributed by atoms with van der Waals surface area (Å²) >= 11 is 0. The Morgan fingerprint density at radius 3 is 2.31 bits per heavy atom. The highest BCUT2D eigenvalue weighted by Gasteiger charge is 2.19. The lowest BCUT2D eigenvalue weighted by molar-refractivity contribution is -0.109. The van der Waals surface area contributed by atoms with Crippen LogP contribution in [0.4, 0.5) is 4.79 Å². The van der Waals surface area contributed by atoms with E-state index in [9.17, 15) is 9.59 Å². The number of alkyl carbamates (subject to hydrolysis) is 1. The van der Waals surface area contributed by atoms with Gasteiger partial charge in [-0.1, -0.05) is 42.3 Å². The quantitative estimate of drug-likeness (QED) is 0.593. The first kappa shape index (κ1) is 24.0. The van der Waals surface area contributed by atoms with Crippen molar-refractivity contribution in [2.75, 3.05) is 0 Å². The highest BCUT2D eigenvalue weighted by Crippen LogP contribution is 2.11. The lowest BCUT2D eigenvalue weighted by Crippen LogP contribution is -2.41. The van der Waals surface area contributed by atoms with Crippen LogP contribution in [0.1, 0.15) is 48.6 Å². The largest absolute Gasteiger partial charge is 0.444 e. The summed E-state index contributed by atoms with van der Waals surface area (Å²) in [5.41, 5.74) is 4.96. The molecule has 1 amide bonds. The van der Waals surface area contributed by atoms with Crippen molar-refractivity contribution in [2.24, 2.45) is 0 Å². The van der Waals surface area contributed by atoms with E-state index in [-0.39, 0.29) is 0 Å². The van der Waals surface area contributed by atoms with Crippen molar-refractivity contribution in [2.45, 2.75) is 59.6 Å². The van der Waals surface area contributed by atoms with Crippen LogP contribution in [0.25, 0.3) is 0 Å². The van der Waals surface area contributed by atoms with Crippen LogP contribution in [0.3, 0.4) is 0 Å². The zero-order valence-corrected chi connectivity index (χ0v) is 18.2. The Balaban J connectivity index is 0.000000352. The van der Waals surface area contributed by atoms with E-state index < -0.39 is 17.7 Å². The summed E-state index contributed by atoms with van der Waals surface area (Å²) in [5, 5.41) is 2.57. The van der Waals surface area contributed by atoms with Gasteiger partial charge in [0.1, 0.15) is 11.9 Å². The molecule has 2 aromatic rings. The third-order valence-electron chi connectivity index (χ3n) is 4.12. The number of hydrogen-bond donors (Lipinski definition) is 1. The second-order valence-corrected chi connectivity index (χ2v) is 7.98. The Bertz CT molecular complexity index is 872. The van der Waals surface area contributed by atoms with Crippen LogP contribution < -0.4 is 5.32 Å². The summed E-state index contributed by atoms with van der Waals surface area (Å²) in [6.07, 6.45) is 5.90. The average molecular weight is 394 g/mol. The van der Waals surface area contributed by atoms with Gasteiger partial charge in [-0.2, -0.15) is 0 Å². The van der Waals surface area contributed by atoms with Gasteiger partial charge in [0.15, 0.2) is 0 Å². The van der Waals surface area contributed by atoms with E-state index in [1.54, 1.807) is 20.8 Å². The molecule has 0 bridgehead atoms. The predicted octanol–water partition coefficient (Wildman–Crippen LogP) is 4.91. The smallest absolute Gasteiger partial charge is 0.408 e. The van der Waals surface area contributed by atoms with Gasteiger partial charge < -0.3 is 14.8 Å². The van der Waals surface area contributed by atoms with Crippen molar-refractivity contribution in [3.8, 4) is 12.3 Å². The van der Waals surface area contributed by atoms with Gasteiger partial charge in [-0.3, -0.25) is 0 Å². The molecule has 1 N–H and O–H groups in total. The number of rotatable bonds is 4. The number of nitrogens with one attached hydrogen (secondary N) is 1. The van der Waals surface area contributed by atoms with Crippen molar-refractivity contribution in [3.05, 3.63) is 70.3 Å². The molecule has 0 aliphatic rings. The van der Waals surface area contributed by atoms with Gasteiger partial charge in [0.05, 0.1) is 6.04 Å². The summed E-state index contributed by atoms with van der Waals surface area (Å²) in [4.78, 5) is 22.7. The molecule has 0 aliphatic heterocycles. The maximum absolute atomic E-state index is 11.6. The van der Waals surface area contributed by atoms with Crippen molar-refractivity contribution in [1.29, 1.82) is 0 Å². The second-order valence-electron chi connectivity index (χ2n) is 7.98. The van der Waals surface area contributed by atoms with E-state index in [0.29, 0.717) is 6.42 Å². The number of aryl methyl sites for hydroxylation is 3. The standard InChI is InChI=1S/C15H21NO3.C10H10/c1-11-7-5-6-8-12(11)9-13(10-17)16-14(18)19-15(2,3)4;1-4-10-7-8(2)5-6-9(10)3/h5-8,10,13H,9H2,1-4H3,(H,16,18);1,5-7H,2-3H3. The highest BCUT2D eigenvalue weighted by atomic mass is 16.6. The molecule has 1 atom stereocenters. The van der Waals surface area contributed by atoms with E-state index in [2.05, 4.69) is 17.3 Å². The van der Waals surface area contributed by atoms with Crippen LogP contribution in [0.5, 0.6) is 0 Å². The minimum Gasteiger partial charge on any atom is -0.444 e. The molecule has 0 saturated heterocycles. The number of carbonyl (C=O) groups is 2. The topological polar surface area (TPSA) is 55.4 Å². The highest BCUT2D eigenvalue weighted by molar-refractivity contribution is 5.73. The Morgan fingerprint density at radius 2 is 1.79 bits per heavy atom. The first-order valence-electron chi connectivity index (χ1n) is 9.59. The molecule has 0 aliphatic carbocycles. The van der Waals surface area contributed by atoms with E-state index in [1.165, 1.54) is 11.1 Å². The molecule has 2 aromatic carbocycles. The molecule has 0 spiro atoms. The number of amides is 1. The zero-order chi connectivity index (χ0) is 22.0. The molecular weight excluding hydrogens is 362 g/mol. The summed E-state index contributed by atoms with van der Waals surface area (Å²) in [6.45, 7) is 11.4. The first-order valence-corrected chi connectivity index (χ1v) is 9.59. The number of benzene rings is 2. The Hall–Kier alpha value is -3.06. The van der Waals surface area contributed by atoms with Gasteiger partial charge >= 0.3 is 6.09 Å². The molecule has 4 nitrogen and oxygen atoms in total.